The quantitative estimate of drug-likeness (QED) is 0.817. The average molecular weight is 350 g/mol. The Morgan fingerprint density at radius 2 is 1.95 bits per heavy atom. The van der Waals surface area contributed by atoms with Gasteiger partial charge in [-0.3, -0.25) is 4.68 Å². The first kappa shape index (κ1) is 16.2. The molecular weight excluding hydrogens is 326 g/mol. The third-order valence-corrected chi connectivity index (χ3v) is 4.74. The average Bonchev–Trinajstić information content (AvgIpc) is 2.79. The summed E-state index contributed by atoms with van der Waals surface area (Å²) in [7, 11) is 2.03. The third kappa shape index (κ3) is 3.95. The number of aromatic nitrogens is 2. The lowest BCUT2D eigenvalue weighted by Crippen LogP contribution is -2.21. The van der Waals surface area contributed by atoms with E-state index < -0.39 is 0 Å². The molecule has 0 radical (unpaired) electrons. The van der Waals surface area contributed by atoms with E-state index in [9.17, 15) is 0 Å². The Hall–Kier alpha value is -1.13. The van der Waals surface area contributed by atoms with Crippen LogP contribution in [0.15, 0.2) is 34.8 Å². The maximum atomic E-state index is 4.57. The van der Waals surface area contributed by atoms with Gasteiger partial charge in [0, 0.05) is 13.1 Å². The van der Waals surface area contributed by atoms with E-state index >= 15 is 0 Å². The molecule has 0 aliphatic rings. The van der Waals surface area contributed by atoms with Crippen molar-refractivity contribution in [3.05, 3.63) is 51.8 Å². The number of rotatable bonds is 7. The fraction of sp³-hybridized carbons (Fsp3) is 0.471. The molecule has 4 heteroatoms. The summed E-state index contributed by atoms with van der Waals surface area (Å²) in [4.78, 5) is 0. The van der Waals surface area contributed by atoms with Crippen molar-refractivity contribution < 1.29 is 0 Å². The Morgan fingerprint density at radius 3 is 2.52 bits per heavy atom. The number of benzene rings is 1. The highest BCUT2D eigenvalue weighted by Crippen LogP contribution is 2.25. The molecule has 0 saturated heterocycles. The second-order valence-electron chi connectivity index (χ2n) is 5.24. The molecule has 0 aliphatic heterocycles. The summed E-state index contributed by atoms with van der Waals surface area (Å²) in [6.07, 6.45) is 3.04. The summed E-state index contributed by atoms with van der Waals surface area (Å²) >= 11 is 3.70. The highest BCUT2D eigenvalue weighted by Gasteiger charge is 2.15. The lowest BCUT2D eigenvalue weighted by Gasteiger charge is -2.18. The van der Waals surface area contributed by atoms with Crippen molar-refractivity contribution in [3.63, 3.8) is 0 Å². The van der Waals surface area contributed by atoms with Crippen molar-refractivity contribution in [2.75, 3.05) is 6.54 Å². The number of hydrogen-bond donors (Lipinski definition) is 1. The molecule has 1 atom stereocenters. The predicted molar refractivity (Wildman–Crippen MR) is 91.5 cm³/mol. The van der Waals surface area contributed by atoms with Crippen LogP contribution in [0.3, 0.4) is 0 Å². The van der Waals surface area contributed by atoms with Crippen LogP contribution in [0, 0.1) is 0 Å². The van der Waals surface area contributed by atoms with Crippen LogP contribution >= 0.6 is 15.9 Å². The Kier molecular flexibility index (Phi) is 6.00. The molecule has 21 heavy (non-hydrogen) atoms. The van der Waals surface area contributed by atoms with Gasteiger partial charge in [0.15, 0.2) is 0 Å². The number of nitrogens with zero attached hydrogens (tertiary/aromatic N) is 2. The van der Waals surface area contributed by atoms with E-state index in [0.29, 0.717) is 6.04 Å². The Morgan fingerprint density at radius 1 is 1.24 bits per heavy atom. The number of hydrogen-bond acceptors (Lipinski definition) is 2. The van der Waals surface area contributed by atoms with E-state index in [1.165, 1.54) is 15.7 Å². The number of halogens is 1. The molecule has 1 aromatic heterocycles. The lowest BCUT2D eigenvalue weighted by atomic mass is 10.0. The van der Waals surface area contributed by atoms with Gasteiger partial charge in [-0.15, -0.1) is 0 Å². The van der Waals surface area contributed by atoms with E-state index in [4.69, 9.17) is 0 Å². The normalized spacial score (nSPS) is 12.6. The Bertz CT molecular complexity index is 563. The third-order valence-electron chi connectivity index (χ3n) is 3.83. The number of aryl methyl sites for hydroxylation is 2. The van der Waals surface area contributed by atoms with Crippen LogP contribution in [0.25, 0.3) is 0 Å². The van der Waals surface area contributed by atoms with Gasteiger partial charge < -0.3 is 5.32 Å². The van der Waals surface area contributed by atoms with E-state index in [1.54, 1.807) is 0 Å². The zero-order chi connectivity index (χ0) is 15.2. The van der Waals surface area contributed by atoms with Gasteiger partial charge in [0.05, 0.1) is 15.9 Å². The molecule has 114 valence electrons. The zero-order valence-electron chi connectivity index (χ0n) is 13.1. The van der Waals surface area contributed by atoms with Crippen LogP contribution in [0.5, 0.6) is 0 Å². The highest BCUT2D eigenvalue weighted by molar-refractivity contribution is 9.10. The molecule has 2 rings (SSSR count). The zero-order valence-corrected chi connectivity index (χ0v) is 14.7. The molecule has 0 fully saturated rings. The molecule has 0 bridgehead atoms. The predicted octanol–water partition coefficient (Wildman–Crippen LogP) is 4.03. The second-order valence-corrected chi connectivity index (χ2v) is 6.04. The summed E-state index contributed by atoms with van der Waals surface area (Å²) in [6.45, 7) is 5.28. The van der Waals surface area contributed by atoms with Crippen LogP contribution in [-0.4, -0.2) is 16.3 Å². The Balaban J connectivity index is 2.11. The molecule has 0 aliphatic carbocycles. The molecule has 0 amide bonds. The highest BCUT2D eigenvalue weighted by atomic mass is 79.9. The SMILES string of the molecule is CCNC(CCc1c(Br)c(CC)nn1C)c1ccccc1. The minimum Gasteiger partial charge on any atom is -0.310 e. The van der Waals surface area contributed by atoms with Gasteiger partial charge in [0.1, 0.15) is 0 Å². The maximum absolute atomic E-state index is 4.57. The van der Waals surface area contributed by atoms with Gasteiger partial charge in [0.25, 0.3) is 0 Å². The summed E-state index contributed by atoms with van der Waals surface area (Å²) in [5.41, 5.74) is 3.78. The molecular formula is C17H24BrN3. The van der Waals surface area contributed by atoms with E-state index in [2.05, 4.69) is 70.5 Å². The van der Waals surface area contributed by atoms with Crippen molar-refractivity contribution in [2.45, 2.75) is 39.2 Å². The van der Waals surface area contributed by atoms with Crippen molar-refractivity contribution in [1.29, 1.82) is 0 Å². The molecule has 1 aromatic carbocycles. The van der Waals surface area contributed by atoms with Crippen LogP contribution in [0.4, 0.5) is 0 Å². The van der Waals surface area contributed by atoms with E-state index in [-0.39, 0.29) is 0 Å². The molecule has 2 aromatic rings. The monoisotopic (exact) mass is 349 g/mol. The maximum Gasteiger partial charge on any atom is 0.0766 e. The van der Waals surface area contributed by atoms with Crippen LogP contribution in [0.1, 0.15) is 43.3 Å². The molecule has 1 N–H and O–H groups in total. The minimum atomic E-state index is 0.392. The van der Waals surface area contributed by atoms with Gasteiger partial charge in [-0.1, -0.05) is 44.2 Å². The molecule has 0 saturated carbocycles. The van der Waals surface area contributed by atoms with Crippen molar-refractivity contribution >= 4 is 15.9 Å². The first-order valence-electron chi connectivity index (χ1n) is 7.65. The molecule has 3 nitrogen and oxygen atoms in total. The lowest BCUT2D eigenvalue weighted by molar-refractivity contribution is 0.505. The summed E-state index contributed by atoms with van der Waals surface area (Å²) < 4.78 is 3.19. The van der Waals surface area contributed by atoms with Crippen LogP contribution < -0.4 is 5.32 Å². The second kappa shape index (κ2) is 7.76. The molecule has 0 spiro atoms. The smallest absolute Gasteiger partial charge is 0.0766 e. The standard InChI is InChI=1S/C17H24BrN3/c1-4-14-17(18)16(21(3)20-14)12-11-15(19-5-2)13-9-7-6-8-10-13/h6-10,15,19H,4-5,11-12H2,1-3H3. The molecule has 1 unspecified atom stereocenters. The largest absolute Gasteiger partial charge is 0.310 e. The van der Waals surface area contributed by atoms with Crippen molar-refractivity contribution in [2.24, 2.45) is 7.05 Å². The van der Waals surface area contributed by atoms with Crippen molar-refractivity contribution in [3.8, 4) is 0 Å². The van der Waals surface area contributed by atoms with Gasteiger partial charge in [-0.05, 0) is 47.3 Å². The molecule has 1 heterocycles. The number of nitrogens with one attached hydrogen (secondary N) is 1. The topological polar surface area (TPSA) is 29.9 Å². The van der Waals surface area contributed by atoms with Gasteiger partial charge >= 0.3 is 0 Å². The minimum absolute atomic E-state index is 0.392. The fourth-order valence-electron chi connectivity index (χ4n) is 2.69. The summed E-state index contributed by atoms with van der Waals surface area (Å²) in [5.74, 6) is 0. The van der Waals surface area contributed by atoms with Crippen molar-refractivity contribution in [1.82, 2.24) is 15.1 Å². The van der Waals surface area contributed by atoms with Gasteiger partial charge in [0.2, 0.25) is 0 Å². The van der Waals surface area contributed by atoms with E-state index in [1.807, 2.05) is 11.7 Å². The first-order valence-corrected chi connectivity index (χ1v) is 8.45. The van der Waals surface area contributed by atoms with Crippen LogP contribution in [0.2, 0.25) is 0 Å². The summed E-state index contributed by atoms with van der Waals surface area (Å²) in [6, 6.07) is 11.1. The van der Waals surface area contributed by atoms with E-state index in [0.717, 1.165) is 31.5 Å². The summed E-state index contributed by atoms with van der Waals surface area (Å²) in [5, 5.41) is 8.16. The fourth-order valence-corrected chi connectivity index (χ4v) is 3.51. The first-order chi connectivity index (χ1) is 10.2. The van der Waals surface area contributed by atoms with Gasteiger partial charge in [-0.2, -0.15) is 5.10 Å². The Labute approximate surface area is 135 Å². The van der Waals surface area contributed by atoms with Crippen LogP contribution in [-0.2, 0) is 19.9 Å². The van der Waals surface area contributed by atoms with Gasteiger partial charge in [-0.25, -0.2) is 0 Å².